The molecule has 0 saturated heterocycles. The van der Waals surface area contributed by atoms with Crippen LogP contribution in [-0.4, -0.2) is 19.9 Å². The molecule has 4 nitrogen and oxygen atoms in total. The normalized spacial score (nSPS) is 12.5. The Morgan fingerprint density at radius 2 is 1.67 bits per heavy atom. The van der Waals surface area contributed by atoms with Crippen molar-refractivity contribution in [1.29, 1.82) is 0 Å². The van der Waals surface area contributed by atoms with Crippen LogP contribution in [-0.2, 0) is 0 Å². The smallest absolute Gasteiger partial charge is 0.116 e. The first-order valence-corrected chi connectivity index (χ1v) is 4.61. The maximum atomic E-state index is 4.30. The fourth-order valence-electron chi connectivity index (χ4n) is 1.90. The minimum Gasteiger partial charge on any atom is -0.253 e. The van der Waals surface area contributed by atoms with Crippen molar-refractivity contribution in [2.45, 2.75) is 6.92 Å². The second kappa shape index (κ2) is 2.70. The van der Waals surface area contributed by atoms with Crippen LogP contribution in [0.1, 0.15) is 12.6 Å². The van der Waals surface area contributed by atoms with Crippen LogP contribution in [0.2, 0.25) is 0 Å². The minimum atomic E-state index is 0.734. The summed E-state index contributed by atoms with van der Waals surface area (Å²) in [5.41, 5.74) is 3.62. The van der Waals surface area contributed by atoms with E-state index in [-0.39, 0.29) is 0 Å². The summed E-state index contributed by atoms with van der Waals surface area (Å²) >= 11 is 0. The Labute approximate surface area is 86.1 Å². The first-order chi connectivity index (χ1) is 7.29. The van der Waals surface area contributed by atoms with E-state index in [2.05, 4.69) is 26.5 Å². The van der Waals surface area contributed by atoms with Crippen molar-refractivity contribution in [2.24, 2.45) is 0 Å². The van der Waals surface area contributed by atoms with E-state index in [1.54, 1.807) is 12.4 Å². The highest BCUT2D eigenvalue weighted by Crippen LogP contribution is 2.23. The van der Waals surface area contributed by atoms with E-state index in [1.807, 2.05) is 6.92 Å². The lowest BCUT2D eigenvalue weighted by atomic mass is 10.2. The summed E-state index contributed by atoms with van der Waals surface area (Å²) in [4.78, 5) is 16.9. The van der Waals surface area contributed by atoms with Gasteiger partial charge in [-0.2, -0.15) is 0 Å². The molecule has 2 aromatic heterocycles. The molecular formula is C11H8N4. The summed E-state index contributed by atoms with van der Waals surface area (Å²) in [6.07, 6.45) is 4.87. The van der Waals surface area contributed by atoms with Crippen molar-refractivity contribution < 1.29 is 0 Å². The predicted octanol–water partition coefficient (Wildman–Crippen LogP) is -0.124. The molecule has 0 amide bonds. The van der Waals surface area contributed by atoms with Crippen molar-refractivity contribution in [3.05, 3.63) is 35.0 Å². The molecule has 4 heteroatoms. The second-order valence-electron chi connectivity index (χ2n) is 3.42. The van der Waals surface area contributed by atoms with Gasteiger partial charge in [-0.3, -0.25) is 9.97 Å². The van der Waals surface area contributed by atoms with E-state index in [4.69, 9.17) is 0 Å². The first kappa shape index (κ1) is 8.23. The van der Waals surface area contributed by atoms with Gasteiger partial charge in [0.05, 0.1) is 11.0 Å². The number of aromatic nitrogens is 4. The molecule has 0 atom stereocenters. The van der Waals surface area contributed by atoms with E-state index < -0.39 is 0 Å². The van der Waals surface area contributed by atoms with Crippen LogP contribution < -0.4 is 10.6 Å². The molecule has 0 N–H and O–H groups in total. The summed E-state index contributed by atoms with van der Waals surface area (Å²) < 4.78 is 0. The molecule has 15 heavy (non-hydrogen) atoms. The highest BCUT2D eigenvalue weighted by atomic mass is 14.9. The highest BCUT2D eigenvalue weighted by Gasteiger charge is 2.20. The predicted molar refractivity (Wildman–Crippen MR) is 56.0 cm³/mol. The van der Waals surface area contributed by atoms with Gasteiger partial charge in [0.1, 0.15) is 17.7 Å². The largest absolute Gasteiger partial charge is 0.253 e. The van der Waals surface area contributed by atoms with Gasteiger partial charge >= 0.3 is 0 Å². The van der Waals surface area contributed by atoms with E-state index in [0.29, 0.717) is 0 Å². The number of hydrogen-bond donors (Lipinski definition) is 0. The van der Waals surface area contributed by atoms with Crippen LogP contribution in [0.15, 0.2) is 18.7 Å². The average Bonchev–Trinajstić information content (AvgIpc) is 2.55. The Kier molecular flexibility index (Phi) is 1.48. The van der Waals surface area contributed by atoms with Gasteiger partial charge in [0, 0.05) is 17.6 Å². The van der Waals surface area contributed by atoms with Crippen LogP contribution in [0.3, 0.4) is 0 Å². The molecule has 2 aromatic rings. The lowest BCUT2D eigenvalue weighted by Gasteiger charge is -1.96. The maximum absolute atomic E-state index is 4.30. The standard InChI is InChI=1S/C11H8N4/c1-6-8-7(2)14-5-15-10(8)11-9(6)12-3-4-13-11/h3-5H,2H2,1H3. The Morgan fingerprint density at radius 1 is 0.933 bits per heavy atom. The molecule has 1 aliphatic carbocycles. The summed E-state index contributed by atoms with van der Waals surface area (Å²) in [5.74, 6) is 0. The number of rotatable bonds is 0. The molecule has 0 radical (unpaired) electrons. The Balaban J connectivity index is 2.58. The van der Waals surface area contributed by atoms with Crippen molar-refractivity contribution in [3.8, 4) is 11.4 Å². The van der Waals surface area contributed by atoms with Gasteiger partial charge in [-0.15, -0.1) is 0 Å². The zero-order valence-electron chi connectivity index (χ0n) is 8.23. The van der Waals surface area contributed by atoms with Crippen molar-refractivity contribution in [2.75, 3.05) is 0 Å². The van der Waals surface area contributed by atoms with Gasteiger partial charge in [-0.1, -0.05) is 6.58 Å². The Bertz CT molecular complexity index is 661. The third-order valence-corrected chi connectivity index (χ3v) is 2.58. The highest BCUT2D eigenvalue weighted by molar-refractivity contribution is 5.82. The van der Waals surface area contributed by atoms with Crippen molar-refractivity contribution in [1.82, 2.24) is 19.9 Å². The van der Waals surface area contributed by atoms with Gasteiger partial charge < -0.3 is 0 Å². The van der Waals surface area contributed by atoms with Gasteiger partial charge in [-0.25, -0.2) is 9.97 Å². The Morgan fingerprint density at radius 3 is 2.47 bits per heavy atom. The summed E-state index contributed by atoms with van der Waals surface area (Å²) in [6, 6.07) is 0. The molecular weight excluding hydrogens is 188 g/mol. The van der Waals surface area contributed by atoms with Gasteiger partial charge in [-0.05, 0) is 12.5 Å². The van der Waals surface area contributed by atoms with Crippen LogP contribution in [0, 0.1) is 0 Å². The molecule has 0 unspecified atom stereocenters. The fourth-order valence-corrected chi connectivity index (χ4v) is 1.90. The van der Waals surface area contributed by atoms with E-state index in [0.717, 1.165) is 33.2 Å². The fraction of sp³-hybridized carbons (Fsp3) is 0.0909. The number of fused-ring (bicyclic) bond motifs is 3. The Hall–Kier alpha value is -2.10. The molecule has 3 rings (SSSR count). The second-order valence-corrected chi connectivity index (χ2v) is 3.42. The average molecular weight is 196 g/mol. The molecule has 0 saturated carbocycles. The molecule has 0 aromatic carbocycles. The third kappa shape index (κ3) is 0.958. The molecule has 0 spiro atoms. The van der Waals surface area contributed by atoms with E-state index in [9.17, 15) is 0 Å². The lowest BCUT2D eigenvalue weighted by molar-refractivity contribution is 1.10. The summed E-state index contributed by atoms with van der Waals surface area (Å²) in [5, 5.41) is 1.70. The van der Waals surface area contributed by atoms with E-state index >= 15 is 0 Å². The zero-order valence-corrected chi connectivity index (χ0v) is 8.23. The van der Waals surface area contributed by atoms with Crippen molar-refractivity contribution >= 4 is 12.2 Å². The molecule has 0 fully saturated rings. The molecule has 0 aliphatic heterocycles. The third-order valence-electron chi connectivity index (χ3n) is 2.58. The molecule has 1 aliphatic rings. The van der Waals surface area contributed by atoms with Gasteiger partial charge in [0.2, 0.25) is 0 Å². The molecule has 72 valence electrons. The molecule has 2 heterocycles. The van der Waals surface area contributed by atoms with Crippen LogP contribution in [0.4, 0.5) is 0 Å². The van der Waals surface area contributed by atoms with Crippen molar-refractivity contribution in [3.63, 3.8) is 0 Å². The van der Waals surface area contributed by atoms with Gasteiger partial charge in [0.15, 0.2) is 0 Å². The van der Waals surface area contributed by atoms with Gasteiger partial charge in [0.25, 0.3) is 0 Å². The SMILES string of the molecule is C=c1ncnc2c1=C(C)c1nccnc1-2. The quantitative estimate of drug-likeness (QED) is 0.589. The lowest BCUT2D eigenvalue weighted by Crippen LogP contribution is -2.29. The zero-order chi connectivity index (χ0) is 10.4. The minimum absolute atomic E-state index is 0.734. The van der Waals surface area contributed by atoms with Crippen LogP contribution in [0.5, 0.6) is 0 Å². The maximum Gasteiger partial charge on any atom is 0.116 e. The molecule has 0 bridgehead atoms. The van der Waals surface area contributed by atoms with E-state index in [1.165, 1.54) is 6.33 Å². The summed E-state index contributed by atoms with van der Waals surface area (Å²) in [6.45, 7) is 5.90. The monoisotopic (exact) mass is 196 g/mol. The number of nitrogens with zero attached hydrogens (tertiary/aromatic N) is 4. The van der Waals surface area contributed by atoms with Crippen LogP contribution in [0.25, 0.3) is 23.5 Å². The topological polar surface area (TPSA) is 51.6 Å². The van der Waals surface area contributed by atoms with Crippen LogP contribution >= 0.6 is 0 Å². The summed E-state index contributed by atoms with van der Waals surface area (Å²) in [7, 11) is 0. The number of hydrogen-bond acceptors (Lipinski definition) is 4. The first-order valence-electron chi connectivity index (χ1n) is 4.61.